The lowest BCUT2D eigenvalue weighted by atomic mass is 10.0. The summed E-state index contributed by atoms with van der Waals surface area (Å²) in [6, 6.07) is 23.8. The summed E-state index contributed by atoms with van der Waals surface area (Å²) >= 11 is 5.14. The molecule has 1 N–H and O–H groups in total. The molecule has 0 spiro atoms. The van der Waals surface area contributed by atoms with Gasteiger partial charge in [-0.2, -0.15) is 0 Å². The van der Waals surface area contributed by atoms with Gasteiger partial charge in [-0.1, -0.05) is 94.6 Å². The monoisotopic (exact) mass is 580 g/mol. The molecular formula is C31H37BrN2O2S. The maximum Gasteiger partial charge on any atom is 0.243 e. The fourth-order valence-electron chi connectivity index (χ4n) is 4.32. The van der Waals surface area contributed by atoms with Gasteiger partial charge in [0.25, 0.3) is 0 Å². The fraction of sp³-hybridized carbons (Fsp3) is 0.355. The molecule has 196 valence electrons. The van der Waals surface area contributed by atoms with Gasteiger partial charge in [0.05, 0.1) is 5.75 Å². The Bertz CT molecular complexity index is 1160. The number of rotatable bonds is 12. The molecular weight excluding hydrogens is 544 g/mol. The van der Waals surface area contributed by atoms with Crippen molar-refractivity contribution in [3.63, 3.8) is 0 Å². The molecule has 0 aliphatic heterocycles. The minimum absolute atomic E-state index is 0.0328. The van der Waals surface area contributed by atoms with Gasteiger partial charge in [0.2, 0.25) is 11.8 Å². The summed E-state index contributed by atoms with van der Waals surface area (Å²) in [6.45, 7) is 8.60. The zero-order valence-corrected chi connectivity index (χ0v) is 24.6. The maximum absolute atomic E-state index is 13.8. The molecule has 3 aromatic rings. The van der Waals surface area contributed by atoms with E-state index in [0.717, 1.165) is 27.8 Å². The van der Waals surface area contributed by atoms with Gasteiger partial charge in [-0.25, -0.2) is 0 Å². The Morgan fingerprint density at radius 1 is 0.919 bits per heavy atom. The molecule has 37 heavy (non-hydrogen) atoms. The Hall–Kier alpha value is -2.57. The van der Waals surface area contributed by atoms with E-state index in [2.05, 4.69) is 53.3 Å². The maximum atomic E-state index is 13.8. The first-order chi connectivity index (χ1) is 17.7. The van der Waals surface area contributed by atoms with Crippen molar-refractivity contribution in [2.75, 3.05) is 5.75 Å². The SMILES string of the molecule is CC[C@@H](C)NC(=O)[C@H](Cc1ccccc1)N(Cc1cccc(Br)c1)C(=O)CSCc1cc(C)cc(C)c1. The van der Waals surface area contributed by atoms with Crippen LogP contribution in [0.25, 0.3) is 0 Å². The van der Waals surface area contributed by atoms with Gasteiger partial charge in [0.1, 0.15) is 6.04 Å². The molecule has 0 heterocycles. The van der Waals surface area contributed by atoms with E-state index < -0.39 is 6.04 Å². The van der Waals surface area contributed by atoms with Crippen molar-refractivity contribution in [2.24, 2.45) is 0 Å². The molecule has 0 unspecified atom stereocenters. The van der Waals surface area contributed by atoms with Gasteiger partial charge < -0.3 is 10.2 Å². The van der Waals surface area contributed by atoms with Crippen LogP contribution in [-0.2, 0) is 28.3 Å². The van der Waals surface area contributed by atoms with Crippen molar-refractivity contribution < 1.29 is 9.59 Å². The second kappa shape index (κ2) is 14.4. The number of nitrogens with one attached hydrogen (secondary N) is 1. The van der Waals surface area contributed by atoms with Gasteiger partial charge in [-0.15, -0.1) is 11.8 Å². The Labute approximate surface area is 234 Å². The molecule has 0 aliphatic rings. The van der Waals surface area contributed by atoms with Crippen molar-refractivity contribution in [1.82, 2.24) is 10.2 Å². The molecule has 3 rings (SSSR count). The molecule has 6 heteroatoms. The third-order valence-electron chi connectivity index (χ3n) is 6.29. The molecule has 0 saturated carbocycles. The number of amides is 2. The summed E-state index contributed by atoms with van der Waals surface area (Å²) in [4.78, 5) is 29.1. The Morgan fingerprint density at radius 2 is 1.59 bits per heavy atom. The van der Waals surface area contributed by atoms with Crippen molar-refractivity contribution in [3.8, 4) is 0 Å². The van der Waals surface area contributed by atoms with Crippen LogP contribution in [0, 0.1) is 13.8 Å². The van der Waals surface area contributed by atoms with E-state index in [1.54, 1.807) is 16.7 Å². The van der Waals surface area contributed by atoms with Crippen LogP contribution in [-0.4, -0.2) is 34.6 Å². The summed E-state index contributed by atoms with van der Waals surface area (Å²) in [7, 11) is 0. The normalized spacial score (nSPS) is 12.6. The highest BCUT2D eigenvalue weighted by molar-refractivity contribution is 9.10. The molecule has 0 aliphatic carbocycles. The number of aryl methyl sites for hydroxylation is 2. The first-order valence-corrected chi connectivity index (χ1v) is 14.7. The van der Waals surface area contributed by atoms with E-state index in [0.29, 0.717) is 18.7 Å². The van der Waals surface area contributed by atoms with E-state index in [-0.39, 0.29) is 17.9 Å². The standard InChI is InChI=1S/C31H37BrN2O2S/c1-5-24(4)33-31(36)29(18-25-10-7-6-8-11-25)34(19-26-12-9-13-28(32)17-26)30(35)21-37-20-27-15-22(2)14-23(3)16-27/h6-17,24,29H,5,18-21H2,1-4H3,(H,33,36)/t24-,29+/m1/s1. The molecule has 0 radical (unpaired) electrons. The molecule has 2 atom stereocenters. The Morgan fingerprint density at radius 3 is 2.24 bits per heavy atom. The first-order valence-electron chi connectivity index (χ1n) is 12.8. The summed E-state index contributed by atoms with van der Waals surface area (Å²) in [6.07, 6.45) is 1.29. The molecule has 0 bridgehead atoms. The van der Waals surface area contributed by atoms with Crippen LogP contribution in [0.4, 0.5) is 0 Å². The van der Waals surface area contributed by atoms with Crippen molar-refractivity contribution >= 4 is 39.5 Å². The van der Waals surface area contributed by atoms with Crippen LogP contribution in [0.15, 0.2) is 77.3 Å². The number of halogens is 1. The highest BCUT2D eigenvalue weighted by Gasteiger charge is 2.30. The van der Waals surface area contributed by atoms with Gasteiger partial charge in [-0.3, -0.25) is 9.59 Å². The summed E-state index contributed by atoms with van der Waals surface area (Å²) < 4.78 is 0.949. The fourth-order valence-corrected chi connectivity index (χ4v) is 5.61. The number of carbonyl (C=O) groups is 2. The van der Waals surface area contributed by atoms with Crippen LogP contribution in [0.1, 0.15) is 48.1 Å². The van der Waals surface area contributed by atoms with E-state index >= 15 is 0 Å². The lowest BCUT2D eigenvalue weighted by Crippen LogP contribution is -2.52. The topological polar surface area (TPSA) is 49.4 Å². The molecule has 3 aromatic carbocycles. The largest absolute Gasteiger partial charge is 0.352 e. The van der Waals surface area contributed by atoms with Crippen LogP contribution >= 0.6 is 27.7 Å². The van der Waals surface area contributed by atoms with E-state index in [1.165, 1.54) is 16.7 Å². The van der Waals surface area contributed by atoms with Crippen LogP contribution in [0.2, 0.25) is 0 Å². The van der Waals surface area contributed by atoms with E-state index in [9.17, 15) is 9.59 Å². The quantitative estimate of drug-likeness (QED) is 0.255. The molecule has 0 aromatic heterocycles. The Kier molecular flexibility index (Phi) is 11.3. The number of thioether (sulfide) groups is 1. The van der Waals surface area contributed by atoms with Gasteiger partial charge in [0.15, 0.2) is 0 Å². The second-order valence-electron chi connectivity index (χ2n) is 9.66. The second-order valence-corrected chi connectivity index (χ2v) is 11.6. The van der Waals surface area contributed by atoms with E-state index in [4.69, 9.17) is 0 Å². The lowest BCUT2D eigenvalue weighted by molar-refractivity contribution is -0.139. The zero-order valence-electron chi connectivity index (χ0n) is 22.2. The first kappa shape index (κ1) is 29.0. The molecule has 0 fully saturated rings. The predicted octanol–water partition coefficient (Wildman–Crippen LogP) is 6.85. The predicted molar refractivity (Wildman–Crippen MR) is 159 cm³/mol. The van der Waals surface area contributed by atoms with Crippen molar-refractivity contribution in [3.05, 3.63) is 105 Å². The number of hydrogen-bond acceptors (Lipinski definition) is 3. The minimum atomic E-state index is -0.607. The highest BCUT2D eigenvalue weighted by atomic mass is 79.9. The van der Waals surface area contributed by atoms with Crippen molar-refractivity contribution in [2.45, 2.75) is 64.9 Å². The van der Waals surface area contributed by atoms with E-state index in [1.807, 2.05) is 68.4 Å². The summed E-state index contributed by atoms with van der Waals surface area (Å²) in [5.41, 5.74) is 5.67. The lowest BCUT2D eigenvalue weighted by Gasteiger charge is -2.32. The number of hydrogen-bond donors (Lipinski definition) is 1. The van der Waals surface area contributed by atoms with Crippen LogP contribution in [0.3, 0.4) is 0 Å². The van der Waals surface area contributed by atoms with Crippen molar-refractivity contribution in [1.29, 1.82) is 0 Å². The third kappa shape index (κ3) is 9.35. The molecule has 2 amide bonds. The smallest absolute Gasteiger partial charge is 0.243 e. The summed E-state index contributed by atoms with van der Waals surface area (Å²) in [5.74, 6) is 0.917. The zero-order chi connectivity index (χ0) is 26.8. The molecule has 4 nitrogen and oxygen atoms in total. The highest BCUT2D eigenvalue weighted by Crippen LogP contribution is 2.21. The van der Waals surface area contributed by atoms with Gasteiger partial charge >= 0.3 is 0 Å². The van der Waals surface area contributed by atoms with Gasteiger partial charge in [0, 0.05) is 29.2 Å². The number of nitrogens with zero attached hydrogens (tertiary/aromatic N) is 1. The Balaban J connectivity index is 1.86. The van der Waals surface area contributed by atoms with Gasteiger partial charge in [-0.05, 0) is 56.0 Å². The number of benzene rings is 3. The third-order valence-corrected chi connectivity index (χ3v) is 7.77. The molecule has 0 saturated heterocycles. The number of carbonyl (C=O) groups excluding carboxylic acids is 2. The van der Waals surface area contributed by atoms with Crippen LogP contribution in [0.5, 0.6) is 0 Å². The minimum Gasteiger partial charge on any atom is -0.352 e. The summed E-state index contributed by atoms with van der Waals surface area (Å²) in [5, 5.41) is 3.13. The van der Waals surface area contributed by atoms with Crippen LogP contribution < -0.4 is 5.32 Å². The average molecular weight is 582 g/mol. The average Bonchev–Trinajstić information content (AvgIpc) is 2.86.